The molecule has 1 atom stereocenters. The van der Waals surface area contributed by atoms with Gasteiger partial charge in [-0.2, -0.15) is 5.10 Å². The van der Waals surface area contributed by atoms with Gasteiger partial charge in [0.1, 0.15) is 0 Å². The molecule has 1 fully saturated rings. The van der Waals surface area contributed by atoms with Crippen molar-refractivity contribution in [1.82, 2.24) is 20.4 Å². The third-order valence-corrected chi connectivity index (χ3v) is 4.35. The van der Waals surface area contributed by atoms with Crippen LogP contribution in [-0.2, 0) is 6.54 Å². The van der Waals surface area contributed by atoms with Crippen molar-refractivity contribution in [3.63, 3.8) is 0 Å². The van der Waals surface area contributed by atoms with Crippen LogP contribution >= 0.6 is 11.6 Å². The second-order valence-electron chi connectivity index (χ2n) is 5.53. The SMILES string of the molecule is CNC(=O)c1cn[nH]c1[C@H]1CCCN1Cc1cccc(Cl)c1. The first-order chi connectivity index (χ1) is 10.7. The molecule has 2 aromatic rings. The standard InChI is InChI=1S/C16H19ClN4O/c1-18-16(22)13-9-19-20-15(13)14-6-3-7-21(14)10-11-4-2-5-12(17)8-11/h2,4-5,8-9,14H,3,6-7,10H2,1H3,(H,18,22)(H,19,20)/t14-/m1/s1. The number of aromatic nitrogens is 2. The molecule has 0 saturated carbocycles. The number of likely N-dealkylation sites (tertiary alicyclic amines) is 1. The summed E-state index contributed by atoms with van der Waals surface area (Å²) in [6.45, 7) is 1.82. The van der Waals surface area contributed by atoms with Crippen LogP contribution in [0.1, 0.15) is 40.5 Å². The second-order valence-corrected chi connectivity index (χ2v) is 5.97. The van der Waals surface area contributed by atoms with Crippen molar-refractivity contribution in [3.05, 3.63) is 52.3 Å². The highest BCUT2D eigenvalue weighted by molar-refractivity contribution is 6.30. The van der Waals surface area contributed by atoms with Crippen molar-refractivity contribution in [3.8, 4) is 0 Å². The number of amides is 1. The third-order valence-electron chi connectivity index (χ3n) is 4.11. The second kappa shape index (κ2) is 6.50. The Balaban J connectivity index is 1.82. The number of carbonyl (C=O) groups excluding carboxylic acids is 1. The quantitative estimate of drug-likeness (QED) is 0.911. The van der Waals surface area contributed by atoms with Gasteiger partial charge in [0.15, 0.2) is 0 Å². The maximum atomic E-state index is 12.0. The maximum absolute atomic E-state index is 12.0. The third kappa shape index (κ3) is 3.00. The van der Waals surface area contributed by atoms with Crippen molar-refractivity contribution in [2.75, 3.05) is 13.6 Å². The molecule has 0 unspecified atom stereocenters. The molecule has 2 N–H and O–H groups in total. The first-order valence-electron chi connectivity index (χ1n) is 7.43. The van der Waals surface area contributed by atoms with E-state index in [0.29, 0.717) is 5.56 Å². The Bertz CT molecular complexity index is 670. The summed E-state index contributed by atoms with van der Waals surface area (Å²) in [6.07, 6.45) is 3.73. The largest absolute Gasteiger partial charge is 0.355 e. The van der Waals surface area contributed by atoms with E-state index in [2.05, 4.69) is 26.5 Å². The van der Waals surface area contributed by atoms with Crippen molar-refractivity contribution in [2.45, 2.75) is 25.4 Å². The molecule has 1 aliphatic heterocycles. The summed E-state index contributed by atoms with van der Waals surface area (Å²) >= 11 is 6.06. The van der Waals surface area contributed by atoms with Crippen LogP contribution in [-0.4, -0.2) is 34.6 Å². The maximum Gasteiger partial charge on any atom is 0.254 e. The molecule has 1 aromatic heterocycles. The van der Waals surface area contributed by atoms with Gasteiger partial charge in [-0.05, 0) is 37.1 Å². The molecule has 6 heteroatoms. The van der Waals surface area contributed by atoms with E-state index >= 15 is 0 Å². The molecule has 0 bridgehead atoms. The van der Waals surface area contributed by atoms with Gasteiger partial charge >= 0.3 is 0 Å². The van der Waals surface area contributed by atoms with Gasteiger partial charge in [0.05, 0.1) is 23.5 Å². The Morgan fingerprint density at radius 3 is 3.18 bits per heavy atom. The number of carbonyl (C=O) groups is 1. The molecule has 1 saturated heterocycles. The van der Waals surface area contributed by atoms with Gasteiger partial charge in [0, 0.05) is 18.6 Å². The molecule has 0 spiro atoms. The molecule has 5 nitrogen and oxygen atoms in total. The number of nitrogens with one attached hydrogen (secondary N) is 2. The lowest BCUT2D eigenvalue weighted by Crippen LogP contribution is -2.26. The van der Waals surface area contributed by atoms with Crippen LogP contribution in [0.15, 0.2) is 30.5 Å². The average Bonchev–Trinajstić information content (AvgIpc) is 3.14. The van der Waals surface area contributed by atoms with E-state index in [9.17, 15) is 4.79 Å². The summed E-state index contributed by atoms with van der Waals surface area (Å²) in [5.74, 6) is -0.0987. The lowest BCUT2D eigenvalue weighted by Gasteiger charge is -2.24. The van der Waals surface area contributed by atoms with E-state index in [1.165, 1.54) is 5.56 Å². The van der Waals surface area contributed by atoms with Crippen LogP contribution in [0.25, 0.3) is 0 Å². The Morgan fingerprint density at radius 2 is 2.41 bits per heavy atom. The van der Waals surface area contributed by atoms with Crippen molar-refractivity contribution >= 4 is 17.5 Å². The molecule has 0 aliphatic carbocycles. The van der Waals surface area contributed by atoms with Crippen molar-refractivity contribution < 1.29 is 4.79 Å². The zero-order chi connectivity index (χ0) is 15.5. The first-order valence-corrected chi connectivity index (χ1v) is 7.80. The van der Waals surface area contributed by atoms with E-state index in [4.69, 9.17) is 11.6 Å². The Hall–Kier alpha value is -1.85. The minimum absolute atomic E-state index is 0.0987. The van der Waals surface area contributed by atoms with Gasteiger partial charge in [-0.15, -0.1) is 0 Å². The summed E-state index contributed by atoms with van der Waals surface area (Å²) in [5, 5.41) is 10.5. The summed E-state index contributed by atoms with van der Waals surface area (Å²) in [4.78, 5) is 14.3. The van der Waals surface area contributed by atoms with Gasteiger partial charge in [0.25, 0.3) is 5.91 Å². The van der Waals surface area contributed by atoms with E-state index in [1.54, 1.807) is 13.2 Å². The van der Waals surface area contributed by atoms with Crippen LogP contribution < -0.4 is 5.32 Å². The van der Waals surface area contributed by atoms with Gasteiger partial charge in [-0.1, -0.05) is 23.7 Å². The van der Waals surface area contributed by atoms with Crippen molar-refractivity contribution in [1.29, 1.82) is 0 Å². The highest BCUT2D eigenvalue weighted by atomic mass is 35.5. The normalized spacial score (nSPS) is 18.5. The molecule has 1 aliphatic rings. The first kappa shape index (κ1) is 15.1. The van der Waals surface area contributed by atoms with E-state index in [1.807, 2.05) is 18.2 Å². The molecular weight excluding hydrogens is 300 g/mol. The molecule has 3 rings (SSSR count). The highest BCUT2D eigenvalue weighted by Gasteiger charge is 2.30. The minimum Gasteiger partial charge on any atom is -0.355 e. The van der Waals surface area contributed by atoms with Crippen LogP contribution in [0.2, 0.25) is 5.02 Å². The molecular formula is C16H19ClN4O. The lowest BCUT2D eigenvalue weighted by atomic mass is 10.1. The van der Waals surface area contributed by atoms with Crippen LogP contribution in [0.4, 0.5) is 0 Å². The molecule has 1 aromatic carbocycles. The average molecular weight is 319 g/mol. The molecule has 2 heterocycles. The van der Waals surface area contributed by atoms with Gasteiger partial charge in [0.2, 0.25) is 0 Å². The van der Waals surface area contributed by atoms with Gasteiger partial charge in [-0.3, -0.25) is 14.8 Å². The van der Waals surface area contributed by atoms with E-state index < -0.39 is 0 Å². The zero-order valence-electron chi connectivity index (χ0n) is 12.5. The fraction of sp³-hybridized carbons (Fsp3) is 0.375. The van der Waals surface area contributed by atoms with Crippen LogP contribution in [0.3, 0.4) is 0 Å². The van der Waals surface area contributed by atoms with Crippen LogP contribution in [0, 0.1) is 0 Å². The van der Waals surface area contributed by atoms with Crippen LogP contribution in [0.5, 0.6) is 0 Å². The number of rotatable bonds is 4. The van der Waals surface area contributed by atoms with Crippen molar-refractivity contribution in [2.24, 2.45) is 0 Å². The lowest BCUT2D eigenvalue weighted by molar-refractivity contribution is 0.0960. The fourth-order valence-corrected chi connectivity index (χ4v) is 3.29. The fourth-order valence-electron chi connectivity index (χ4n) is 3.08. The Kier molecular flexibility index (Phi) is 4.45. The number of nitrogens with zero attached hydrogens (tertiary/aromatic N) is 2. The smallest absolute Gasteiger partial charge is 0.254 e. The number of benzene rings is 1. The summed E-state index contributed by atoms with van der Waals surface area (Å²) in [7, 11) is 1.64. The van der Waals surface area contributed by atoms with E-state index in [0.717, 1.165) is 36.6 Å². The topological polar surface area (TPSA) is 61.0 Å². The number of halogens is 1. The number of H-pyrrole nitrogens is 1. The number of aromatic amines is 1. The van der Waals surface area contributed by atoms with Gasteiger partial charge in [-0.25, -0.2) is 0 Å². The highest BCUT2D eigenvalue weighted by Crippen LogP contribution is 2.33. The number of hydrogen-bond acceptors (Lipinski definition) is 3. The number of hydrogen-bond donors (Lipinski definition) is 2. The minimum atomic E-state index is -0.0987. The van der Waals surface area contributed by atoms with E-state index in [-0.39, 0.29) is 11.9 Å². The molecule has 1 amide bonds. The molecule has 116 valence electrons. The predicted molar refractivity (Wildman–Crippen MR) is 85.8 cm³/mol. The summed E-state index contributed by atoms with van der Waals surface area (Å²) in [5.41, 5.74) is 2.71. The summed E-state index contributed by atoms with van der Waals surface area (Å²) < 4.78 is 0. The monoisotopic (exact) mass is 318 g/mol. The molecule has 0 radical (unpaired) electrons. The Morgan fingerprint density at radius 1 is 1.55 bits per heavy atom. The zero-order valence-corrected chi connectivity index (χ0v) is 13.2. The Labute approximate surface area is 134 Å². The molecule has 22 heavy (non-hydrogen) atoms. The summed E-state index contributed by atoms with van der Waals surface area (Å²) in [6, 6.07) is 8.10. The van der Waals surface area contributed by atoms with Gasteiger partial charge < -0.3 is 5.32 Å². The predicted octanol–water partition coefficient (Wildman–Crippen LogP) is 2.76.